The van der Waals surface area contributed by atoms with Crippen molar-refractivity contribution in [1.82, 2.24) is 10.2 Å². The molecule has 0 spiro atoms. The van der Waals surface area contributed by atoms with Gasteiger partial charge in [0.05, 0.1) is 17.7 Å². The maximum Gasteiger partial charge on any atom is 0.264 e. The molecular weight excluding hydrogens is 570 g/mol. The van der Waals surface area contributed by atoms with Gasteiger partial charge < -0.3 is 24.4 Å². The molecule has 1 atom stereocenters. The Labute approximate surface area is 253 Å². The number of carbonyl (C=O) groups is 2. The second-order valence-electron chi connectivity index (χ2n) is 10.6. The number of amides is 2. The summed E-state index contributed by atoms with van der Waals surface area (Å²) < 4.78 is 45.8. The van der Waals surface area contributed by atoms with Gasteiger partial charge in [0.25, 0.3) is 10.0 Å². The molecular formula is C32H39N3O7S. The molecule has 0 fully saturated rings. The molecule has 0 radical (unpaired) electrons. The minimum Gasteiger partial charge on any atom is -0.497 e. The van der Waals surface area contributed by atoms with Crippen LogP contribution in [0.3, 0.4) is 0 Å². The number of fused-ring (bicyclic) bond motifs is 1. The van der Waals surface area contributed by atoms with Crippen molar-refractivity contribution in [3.63, 3.8) is 0 Å². The second kappa shape index (κ2) is 14.3. The van der Waals surface area contributed by atoms with Crippen LogP contribution in [0.15, 0.2) is 77.7 Å². The van der Waals surface area contributed by atoms with E-state index in [0.29, 0.717) is 43.4 Å². The maximum absolute atomic E-state index is 14.2. The van der Waals surface area contributed by atoms with Gasteiger partial charge in [-0.3, -0.25) is 13.9 Å². The van der Waals surface area contributed by atoms with E-state index in [0.717, 1.165) is 9.87 Å². The number of hydrogen-bond acceptors (Lipinski definition) is 7. The predicted molar refractivity (Wildman–Crippen MR) is 164 cm³/mol. The van der Waals surface area contributed by atoms with Crippen molar-refractivity contribution < 1.29 is 32.2 Å². The fourth-order valence-electron chi connectivity index (χ4n) is 4.75. The first kappa shape index (κ1) is 31.7. The molecule has 1 heterocycles. The van der Waals surface area contributed by atoms with E-state index in [1.807, 2.05) is 26.8 Å². The summed E-state index contributed by atoms with van der Waals surface area (Å²) in [7, 11) is -2.65. The molecule has 230 valence electrons. The Kier molecular flexibility index (Phi) is 10.5. The number of carbonyl (C=O) groups excluding carboxylic acids is 2. The Morgan fingerprint density at radius 3 is 2.35 bits per heavy atom. The molecule has 0 unspecified atom stereocenters. The number of methoxy groups -OCH3 is 1. The average Bonchev–Trinajstić information content (AvgIpc) is 3.02. The van der Waals surface area contributed by atoms with E-state index < -0.39 is 28.5 Å². The second-order valence-corrected chi connectivity index (χ2v) is 12.5. The van der Waals surface area contributed by atoms with Gasteiger partial charge in [0.15, 0.2) is 11.5 Å². The van der Waals surface area contributed by atoms with E-state index in [4.69, 9.17) is 14.2 Å². The zero-order valence-corrected chi connectivity index (χ0v) is 25.8. The molecule has 0 saturated carbocycles. The summed E-state index contributed by atoms with van der Waals surface area (Å²) in [5, 5.41) is 2.93. The lowest BCUT2D eigenvalue weighted by Crippen LogP contribution is -2.52. The highest BCUT2D eigenvalue weighted by molar-refractivity contribution is 7.92. The zero-order chi connectivity index (χ0) is 31.0. The van der Waals surface area contributed by atoms with E-state index in [1.165, 1.54) is 17.0 Å². The van der Waals surface area contributed by atoms with Crippen LogP contribution in [-0.4, -0.2) is 64.6 Å². The molecule has 4 rings (SSSR count). The Bertz CT molecular complexity index is 1510. The van der Waals surface area contributed by atoms with Gasteiger partial charge in [0, 0.05) is 19.2 Å². The molecule has 3 aromatic rings. The van der Waals surface area contributed by atoms with Gasteiger partial charge in [0.2, 0.25) is 11.8 Å². The van der Waals surface area contributed by atoms with Crippen molar-refractivity contribution in [2.75, 3.05) is 37.7 Å². The highest BCUT2D eigenvalue weighted by Gasteiger charge is 2.34. The fourth-order valence-corrected chi connectivity index (χ4v) is 6.17. The highest BCUT2D eigenvalue weighted by atomic mass is 32.2. The van der Waals surface area contributed by atoms with Crippen molar-refractivity contribution in [3.8, 4) is 17.2 Å². The smallest absolute Gasteiger partial charge is 0.264 e. The molecule has 43 heavy (non-hydrogen) atoms. The van der Waals surface area contributed by atoms with Crippen LogP contribution < -0.4 is 23.8 Å². The molecule has 0 aliphatic carbocycles. The van der Waals surface area contributed by atoms with Gasteiger partial charge in [-0.2, -0.15) is 0 Å². The summed E-state index contributed by atoms with van der Waals surface area (Å²) in [5.41, 5.74) is 0.972. The summed E-state index contributed by atoms with van der Waals surface area (Å²) in [6.45, 7) is 6.47. The first-order valence-electron chi connectivity index (χ1n) is 14.3. The van der Waals surface area contributed by atoms with Crippen LogP contribution in [0, 0.1) is 5.92 Å². The number of hydrogen-bond donors (Lipinski definition) is 1. The number of anilines is 1. The quantitative estimate of drug-likeness (QED) is 0.308. The fraction of sp³-hybridized carbons (Fsp3) is 0.375. The van der Waals surface area contributed by atoms with E-state index in [1.54, 1.807) is 61.7 Å². The van der Waals surface area contributed by atoms with Crippen LogP contribution in [0.1, 0.15) is 32.8 Å². The Morgan fingerprint density at radius 1 is 0.953 bits per heavy atom. The van der Waals surface area contributed by atoms with Crippen molar-refractivity contribution in [2.45, 2.75) is 44.7 Å². The zero-order valence-electron chi connectivity index (χ0n) is 25.0. The van der Waals surface area contributed by atoms with Crippen LogP contribution in [0.5, 0.6) is 17.2 Å². The number of sulfonamides is 1. The minimum atomic E-state index is -4.20. The highest BCUT2D eigenvalue weighted by Crippen LogP contribution is 2.36. The first-order chi connectivity index (χ1) is 20.6. The summed E-state index contributed by atoms with van der Waals surface area (Å²) in [4.78, 5) is 29.1. The van der Waals surface area contributed by atoms with E-state index in [2.05, 4.69) is 5.32 Å². The Hall–Kier alpha value is -4.25. The van der Waals surface area contributed by atoms with Gasteiger partial charge in [-0.05, 0) is 54.3 Å². The van der Waals surface area contributed by atoms with E-state index in [9.17, 15) is 18.0 Å². The lowest BCUT2D eigenvalue weighted by atomic mass is 10.1. The van der Waals surface area contributed by atoms with Crippen molar-refractivity contribution in [3.05, 3.63) is 78.4 Å². The van der Waals surface area contributed by atoms with Gasteiger partial charge in [-0.25, -0.2) is 8.42 Å². The Morgan fingerprint density at radius 2 is 1.67 bits per heavy atom. The average molecular weight is 610 g/mol. The SMILES string of the molecule is CC[C@@H](C(=O)NCC(C)C)N(Cc1cccc(OC)c1)C(=O)CN(c1ccc2c(c1)OCCO2)S(=O)(=O)c1ccccc1. The van der Waals surface area contributed by atoms with Gasteiger partial charge in [-0.15, -0.1) is 0 Å². The monoisotopic (exact) mass is 609 g/mol. The topological polar surface area (TPSA) is 114 Å². The summed E-state index contributed by atoms with van der Waals surface area (Å²) in [6.07, 6.45) is 0.328. The third kappa shape index (κ3) is 7.78. The molecule has 1 N–H and O–H groups in total. The van der Waals surface area contributed by atoms with Crippen LogP contribution in [-0.2, 0) is 26.2 Å². The number of nitrogens with one attached hydrogen (secondary N) is 1. The van der Waals surface area contributed by atoms with Crippen LogP contribution in [0.25, 0.3) is 0 Å². The van der Waals surface area contributed by atoms with E-state index in [-0.39, 0.29) is 29.0 Å². The summed E-state index contributed by atoms with van der Waals surface area (Å²) in [6, 6.07) is 19.1. The Balaban J connectivity index is 1.75. The molecule has 2 amide bonds. The number of benzene rings is 3. The number of rotatable bonds is 13. The minimum absolute atomic E-state index is 0.0266. The maximum atomic E-state index is 14.2. The molecule has 0 aromatic heterocycles. The van der Waals surface area contributed by atoms with E-state index >= 15 is 0 Å². The molecule has 10 nitrogen and oxygen atoms in total. The standard InChI is InChI=1S/C32H39N3O7S/c1-5-28(32(37)33-20-23(2)3)34(21-24-10-9-11-26(18-24)40-4)31(36)22-35(43(38,39)27-12-7-6-8-13-27)25-14-15-29-30(19-25)42-17-16-41-29/h6-15,18-19,23,28H,5,16-17,20-22H2,1-4H3,(H,33,37)/t28-/m0/s1. The number of ether oxygens (including phenoxy) is 3. The van der Waals surface area contributed by atoms with Crippen LogP contribution >= 0.6 is 0 Å². The van der Waals surface area contributed by atoms with Crippen molar-refractivity contribution in [1.29, 1.82) is 0 Å². The normalized spacial score (nSPS) is 13.2. The van der Waals surface area contributed by atoms with Crippen LogP contribution in [0.2, 0.25) is 0 Å². The summed E-state index contributed by atoms with van der Waals surface area (Å²) >= 11 is 0. The van der Waals surface area contributed by atoms with Crippen LogP contribution in [0.4, 0.5) is 5.69 Å². The van der Waals surface area contributed by atoms with Gasteiger partial charge in [0.1, 0.15) is 31.5 Å². The molecule has 0 bridgehead atoms. The first-order valence-corrected chi connectivity index (χ1v) is 15.8. The van der Waals surface area contributed by atoms with Crippen molar-refractivity contribution in [2.24, 2.45) is 5.92 Å². The molecule has 1 aliphatic heterocycles. The molecule has 0 saturated heterocycles. The van der Waals surface area contributed by atoms with Gasteiger partial charge >= 0.3 is 0 Å². The lowest BCUT2D eigenvalue weighted by Gasteiger charge is -2.33. The number of nitrogens with zero attached hydrogens (tertiary/aromatic N) is 2. The molecule has 3 aromatic carbocycles. The largest absolute Gasteiger partial charge is 0.497 e. The third-order valence-electron chi connectivity index (χ3n) is 6.98. The summed E-state index contributed by atoms with van der Waals surface area (Å²) in [5.74, 6) is 0.855. The predicted octanol–water partition coefficient (Wildman–Crippen LogP) is 4.24. The van der Waals surface area contributed by atoms with Gasteiger partial charge in [-0.1, -0.05) is 51.1 Å². The molecule has 11 heteroatoms. The lowest BCUT2D eigenvalue weighted by molar-refractivity contribution is -0.140. The third-order valence-corrected chi connectivity index (χ3v) is 8.77. The molecule has 1 aliphatic rings. The van der Waals surface area contributed by atoms with Crippen molar-refractivity contribution >= 4 is 27.5 Å².